The smallest absolute Gasteiger partial charge is 0.227 e. The van der Waals surface area contributed by atoms with Crippen LogP contribution < -0.4 is 11.1 Å². The van der Waals surface area contributed by atoms with Crippen LogP contribution in [0.25, 0.3) is 0 Å². The highest BCUT2D eigenvalue weighted by atomic mass is 32.2. The number of nitrogens with two attached hydrogens (primary N) is 1. The van der Waals surface area contributed by atoms with Crippen LogP contribution in [0.15, 0.2) is 29.2 Å². The van der Waals surface area contributed by atoms with Crippen molar-refractivity contribution in [1.29, 1.82) is 0 Å². The summed E-state index contributed by atoms with van der Waals surface area (Å²) < 4.78 is 22.9. The Balaban J connectivity index is 2.09. The van der Waals surface area contributed by atoms with E-state index in [-0.39, 0.29) is 16.8 Å². The predicted molar refractivity (Wildman–Crippen MR) is 86.1 cm³/mol. The molecule has 122 valence electrons. The van der Waals surface area contributed by atoms with Crippen molar-refractivity contribution in [3.63, 3.8) is 0 Å². The molecule has 5 nitrogen and oxygen atoms in total. The fraction of sp³-hybridized carbons (Fsp3) is 0.562. The first-order valence-corrected chi connectivity index (χ1v) is 9.49. The Morgan fingerprint density at radius 2 is 1.82 bits per heavy atom. The highest BCUT2D eigenvalue weighted by Crippen LogP contribution is 2.37. The number of carbonyl (C=O) groups excluding carboxylic acids is 1. The molecule has 1 aliphatic carbocycles. The summed E-state index contributed by atoms with van der Waals surface area (Å²) in [4.78, 5) is 12.8. The molecular formula is C16H24N2O3S. The van der Waals surface area contributed by atoms with Crippen molar-refractivity contribution < 1.29 is 13.2 Å². The van der Waals surface area contributed by atoms with Crippen LogP contribution in [0.3, 0.4) is 0 Å². The summed E-state index contributed by atoms with van der Waals surface area (Å²) in [6.45, 7) is 2.27. The lowest BCUT2D eigenvalue weighted by Crippen LogP contribution is -2.44. The van der Waals surface area contributed by atoms with E-state index in [2.05, 4.69) is 5.32 Å². The highest BCUT2D eigenvalue weighted by molar-refractivity contribution is 7.90. The zero-order valence-electron chi connectivity index (χ0n) is 13.1. The number of hydrogen-bond acceptors (Lipinski definition) is 4. The quantitative estimate of drug-likeness (QED) is 0.864. The molecule has 0 spiro atoms. The Labute approximate surface area is 132 Å². The molecule has 0 aliphatic heterocycles. The molecule has 1 saturated carbocycles. The third-order valence-electron chi connectivity index (χ3n) is 4.59. The van der Waals surface area contributed by atoms with E-state index in [1.165, 1.54) is 6.26 Å². The maximum absolute atomic E-state index is 12.5. The molecular weight excluding hydrogens is 300 g/mol. The first kappa shape index (κ1) is 17.0. The molecule has 6 heteroatoms. The van der Waals surface area contributed by atoms with Gasteiger partial charge < -0.3 is 11.1 Å². The molecule has 1 atom stereocenters. The molecule has 0 aromatic heterocycles. The van der Waals surface area contributed by atoms with Crippen LogP contribution >= 0.6 is 0 Å². The number of carbonyl (C=O) groups is 1. The lowest BCUT2D eigenvalue weighted by Gasteiger charge is -2.28. The second kappa shape index (κ2) is 6.38. The minimum atomic E-state index is -3.20. The van der Waals surface area contributed by atoms with Gasteiger partial charge in [-0.3, -0.25) is 4.79 Å². The molecule has 0 bridgehead atoms. The maximum Gasteiger partial charge on any atom is 0.227 e. The first-order valence-electron chi connectivity index (χ1n) is 7.59. The van der Waals surface area contributed by atoms with Crippen molar-refractivity contribution in [2.75, 3.05) is 12.8 Å². The second-order valence-corrected chi connectivity index (χ2v) is 8.24. The van der Waals surface area contributed by atoms with Gasteiger partial charge in [-0.25, -0.2) is 8.42 Å². The van der Waals surface area contributed by atoms with E-state index in [4.69, 9.17) is 5.73 Å². The van der Waals surface area contributed by atoms with Gasteiger partial charge in [-0.05, 0) is 37.5 Å². The van der Waals surface area contributed by atoms with Gasteiger partial charge in [0, 0.05) is 12.8 Å². The van der Waals surface area contributed by atoms with E-state index in [0.29, 0.717) is 6.54 Å². The fourth-order valence-corrected chi connectivity index (χ4v) is 3.64. The van der Waals surface area contributed by atoms with E-state index in [9.17, 15) is 13.2 Å². The summed E-state index contributed by atoms with van der Waals surface area (Å²) in [5.74, 6) is 0.00666. The number of amides is 1. The number of nitrogens with one attached hydrogen (secondary N) is 1. The molecule has 1 unspecified atom stereocenters. The normalized spacial score (nSPS) is 18.9. The van der Waals surface area contributed by atoms with E-state index in [1.807, 2.05) is 6.92 Å². The Hall–Kier alpha value is -1.40. The summed E-state index contributed by atoms with van der Waals surface area (Å²) in [5, 5.41) is 3.02. The van der Waals surface area contributed by atoms with Crippen LogP contribution in [-0.2, 0) is 14.6 Å². The van der Waals surface area contributed by atoms with Crippen LogP contribution in [0.5, 0.6) is 0 Å². The summed E-state index contributed by atoms with van der Waals surface area (Å²) in [6, 6.07) is 6.45. The predicted octanol–water partition coefficient (Wildman–Crippen LogP) is 1.79. The molecule has 22 heavy (non-hydrogen) atoms. The van der Waals surface area contributed by atoms with Crippen molar-refractivity contribution in [2.45, 2.75) is 43.5 Å². The van der Waals surface area contributed by atoms with Crippen molar-refractivity contribution in [2.24, 2.45) is 11.1 Å². The Morgan fingerprint density at radius 3 is 2.27 bits per heavy atom. The topological polar surface area (TPSA) is 89.3 Å². The van der Waals surface area contributed by atoms with Gasteiger partial charge >= 0.3 is 0 Å². The van der Waals surface area contributed by atoms with Gasteiger partial charge in [0.25, 0.3) is 0 Å². The minimum Gasteiger partial charge on any atom is -0.349 e. The number of hydrogen-bond donors (Lipinski definition) is 2. The van der Waals surface area contributed by atoms with Gasteiger partial charge in [-0.1, -0.05) is 25.0 Å². The van der Waals surface area contributed by atoms with Gasteiger partial charge in [-0.15, -0.1) is 0 Å². The molecule has 0 saturated heterocycles. The van der Waals surface area contributed by atoms with E-state index >= 15 is 0 Å². The van der Waals surface area contributed by atoms with E-state index < -0.39 is 15.3 Å². The van der Waals surface area contributed by atoms with Crippen LogP contribution in [0, 0.1) is 5.41 Å². The fourth-order valence-electron chi connectivity index (χ4n) is 3.01. The Morgan fingerprint density at radius 1 is 1.27 bits per heavy atom. The Kier molecular flexibility index (Phi) is 4.92. The minimum absolute atomic E-state index is 0.00666. The van der Waals surface area contributed by atoms with Gasteiger partial charge in [-0.2, -0.15) is 0 Å². The third kappa shape index (κ3) is 3.50. The summed E-state index contributed by atoms with van der Waals surface area (Å²) >= 11 is 0. The summed E-state index contributed by atoms with van der Waals surface area (Å²) in [6.07, 6.45) is 4.95. The molecule has 0 heterocycles. The van der Waals surface area contributed by atoms with Gasteiger partial charge in [0.15, 0.2) is 9.84 Å². The number of sulfone groups is 1. The molecule has 1 aliphatic rings. The molecule has 1 fully saturated rings. The van der Waals surface area contributed by atoms with E-state index in [1.54, 1.807) is 24.3 Å². The zero-order chi connectivity index (χ0) is 16.4. The van der Waals surface area contributed by atoms with Crippen LogP contribution in [0.4, 0.5) is 0 Å². The molecule has 3 N–H and O–H groups in total. The van der Waals surface area contributed by atoms with E-state index in [0.717, 1.165) is 31.2 Å². The average molecular weight is 324 g/mol. The van der Waals surface area contributed by atoms with Gasteiger partial charge in [0.05, 0.1) is 16.4 Å². The van der Waals surface area contributed by atoms with Crippen molar-refractivity contribution >= 4 is 15.7 Å². The maximum atomic E-state index is 12.5. The van der Waals surface area contributed by atoms with Crippen LogP contribution in [-0.4, -0.2) is 27.1 Å². The molecule has 2 rings (SSSR count). The summed E-state index contributed by atoms with van der Waals surface area (Å²) in [7, 11) is -3.20. The Bertz CT molecular complexity index is 632. The number of rotatable bonds is 5. The van der Waals surface area contributed by atoms with Gasteiger partial charge in [0.2, 0.25) is 5.91 Å². The van der Waals surface area contributed by atoms with Crippen LogP contribution in [0.1, 0.15) is 44.2 Å². The lowest BCUT2D eigenvalue weighted by atomic mass is 9.85. The summed E-state index contributed by atoms with van der Waals surface area (Å²) in [5.41, 5.74) is 6.28. The lowest BCUT2D eigenvalue weighted by molar-refractivity contribution is -0.131. The standard InChI is InChI=1S/C16H24N2O3S/c1-12(13-5-7-14(8-6-13)22(2,20)21)18-15(19)16(11-17)9-3-4-10-16/h5-8,12H,3-4,9-11,17H2,1-2H3,(H,18,19). The van der Waals surface area contributed by atoms with Gasteiger partial charge in [0.1, 0.15) is 0 Å². The first-order chi connectivity index (χ1) is 10.3. The SMILES string of the molecule is CC(NC(=O)C1(CN)CCCC1)c1ccc(S(C)(=O)=O)cc1. The average Bonchev–Trinajstić information content (AvgIpc) is 2.96. The monoisotopic (exact) mass is 324 g/mol. The molecule has 1 amide bonds. The number of benzene rings is 1. The highest BCUT2D eigenvalue weighted by Gasteiger charge is 2.40. The van der Waals surface area contributed by atoms with Crippen LogP contribution in [0.2, 0.25) is 0 Å². The molecule has 0 radical (unpaired) electrons. The van der Waals surface area contributed by atoms with Crippen molar-refractivity contribution in [3.05, 3.63) is 29.8 Å². The zero-order valence-corrected chi connectivity index (χ0v) is 13.9. The second-order valence-electron chi connectivity index (χ2n) is 6.23. The van der Waals surface area contributed by atoms with Crippen molar-refractivity contribution in [1.82, 2.24) is 5.32 Å². The largest absolute Gasteiger partial charge is 0.349 e. The molecule has 1 aromatic carbocycles. The third-order valence-corrected chi connectivity index (χ3v) is 5.72. The molecule has 1 aromatic rings. The van der Waals surface area contributed by atoms with Crippen molar-refractivity contribution in [3.8, 4) is 0 Å².